The van der Waals surface area contributed by atoms with Gasteiger partial charge in [0.05, 0.1) is 22.7 Å². The third kappa shape index (κ3) is 4.70. The van der Waals surface area contributed by atoms with E-state index in [1.54, 1.807) is 0 Å². The second kappa shape index (κ2) is 8.55. The lowest BCUT2D eigenvalue weighted by molar-refractivity contribution is -0.137. The summed E-state index contributed by atoms with van der Waals surface area (Å²) >= 11 is 5.95. The standard InChI is InChI=1S/C21H22ClF3N4O/c1-4-28(5-2)16-6-7-18(13(3)8-16)27-19(30)10-15-12-29-11-14(21(23,24)25)9-17(22)20(29)26-15/h6-9,11-12H,4-5,10H2,1-3H3,(H,27,30). The van der Waals surface area contributed by atoms with E-state index in [2.05, 4.69) is 29.0 Å². The van der Waals surface area contributed by atoms with Crippen molar-refractivity contribution in [3.63, 3.8) is 0 Å². The molecule has 3 aromatic rings. The maximum atomic E-state index is 13.0. The molecule has 0 atom stereocenters. The number of carbonyl (C=O) groups excluding carboxylic acids is 1. The van der Waals surface area contributed by atoms with E-state index in [1.165, 1.54) is 10.6 Å². The van der Waals surface area contributed by atoms with Gasteiger partial charge in [0.15, 0.2) is 5.65 Å². The Bertz CT molecular complexity index is 1070. The highest BCUT2D eigenvalue weighted by molar-refractivity contribution is 6.33. The Morgan fingerprint density at radius 2 is 1.90 bits per heavy atom. The molecule has 0 saturated heterocycles. The Kier molecular flexibility index (Phi) is 6.26. The third-order valence-electron chi connectivity index (χ3n) is 4.84. The molecule has 0 radical (unpaired) electrons. The number of halogens is 4. The molecule has 0 aliphatic heterocycles. The zero-order valence-corrected chi connectivity index (χ0v) is 17.6. The van der Waals surface area contributed by atoms with E-state index in [0.717, 1.165) is 36.6 Å². The molecule has 0 unspecified atom stereocenters. The maximum Gasteiger partial charge on any atom is 0.417 e. The van der Waals surface area contributed by atoms with Crippen molar-refractivity contribution in [2.45, 2.75) is 33.4 Å². The molecule has 3 rings (SSSR count). The molecule has 0 aliphatic rings. The number of fused-ring (bicyclic) bond motifs is 1. The fraction of sp³-hybridized carbons (Fsp3) is 0.333. The van der Waals surface area contributed by atoms with Gasteiger partial charge in [0, 0.05) is 36.9 Å². The molecule has 30 heavy (non-hydrogen) atoms. The summed E-state index contributed by atoms with van der Waals surface area (Å²) in [5.41, 5.74) is 2.29. The minimum Gasteiger partial charge on any atom is -0.372 e. The number of anilines is 2. The monoisotopic (exact) mass is 438 g/mol. The van der Waals surface area contributed by atoms with Crippen LogP contribution in [0.3, 0.4) is 0 Å². The molecule has 160 valence electrons. The molecular weight excluding hydrogens is 417 g/mol. The average Bonchev–Trinajstić information content (AvgIpc) is 3.07. The van der Waals surface area contributed by atoms with Gasteiger partial charge in [0.2, 0.25) is 5.91 Å². The highest BCUT2D eigenvalue weighted by Crippen LogP contribution is 2.32. The number of nitrogens with zero attached hydrogens (tertiary/aromatic N) is 3. The van der Waals surface area contributed by atoms with E-state index in [4.69, 9.17) is 11.6 Å². The van der Waals surface area contributed by atoms with E-state index < -0.39 is 11.7 Å². The number of benzene rings is 1. The summed E-state index contributed by atoms with van der Waals surface area (Å²) in [6.07, 6.45) is -2.32. The number of imidazole rings is 1. The molecule has 0 bridgehead atoms. The van der Waals surface area contributed by atoms with Gasteiger partial charge in [-0.3, -0.25) is 4.79 Å². The first-order valence-corrected chi connectivity index (χ1v) is 9.90. The average molecular weight is 439 g/mol. The van der Waals surface area contributed by atoms with Crippen molar-refractivity contribution in [3.05, 3.63) is 58.5 Å². The summed E-state index contributed by atoms with van der Waals surface area (Å²) in [5, 5.41) is 2.71. The minimum atomic E-state index is -4.52. The maximum absolute atomic E-state index is 13.0. The van der Waals surface area contributed by atoms with Crippen LogP contribution in [0.4, 0.5) is 24.5 Å². The first kappa shape index (κ1) is 22.0. The number of hydrogen-bond donors (Lipinski definition) is 1. The Balaban J connectivity index is 1.76. The Hall–Kier alpha value is -2.74. The SMILES string of the molecule is CCN(CC)c1ccc(NC(=O)Cc2cn3cc(C(F)(F)F)cc(Cl)c3n2)c(C)c1. The van der Waals surface area contributed by atoms with Crippen LogP contribution in [0.5, 0.6) is 0 Å². The predicted molar refractivity (Wildman–Crippen MR) is 112 cm³/mol. The lowest BCUT2D eigenvalue weighted by Gasteiger charge is -2.22. The number of hydrogen-bond acceptors (Lipinski definition) is 3. The fourth-order valence-electron chi connectivity index (χ4n) is 3.28. The zero-order chi connectivity index (χ0) is 22.1. The van der Waals surface area contributed by atoms with Crippen LogP contribution in [0, 0.1) is 6.92 Å². The molecule has 9 heteroatoms. The molecule has 2 aromatic heterocycles. The molecule has 1 N–H and O–H groups in total. The Labute approximate surface area is 177 Å². The van der Waals surface area contributed by atoms with Crippen molar-refractivity contribution in [2.75, 3.05) is 23.3 Å². The zero-order valence-electron chi connectivity index (χ0n) is 16.8. The Morgan fingerprint density at radius 3 is 2.50 bits per heavy atom. The van der Waals surface area contributed by atoms with Gasteiger partial charge in [-0.1, -0.05) is 11.6 Å². The third-order valence-corrected chi connectivity index (χ3v) is 5.12. The second-order valence-electron chi connectivity index (χ2n) is 6.93. The van der Waals surface area contributed by atoms with Gasteiger partial charge in [-0.15, -0.1) is 0 Å². The first-order chi connectivity index (χ1) is 14.1. The van der Waals surface area contributed by atoms with Crippen LogP contribution < -0.4 is 10.2 Å². The molecule has 2 heterocycles. The van der Waals surface area contributed by atoms with Gasteiger partial charge in [0.1, 0.15) is 0 Å². The molecule has 0 saturated carbocycles. The topological polar surface area (TPSA) is 49.6 Å². The second-order valence-corrected chi connectivity index (χ2v) is 7.34. The van der Waals surface area contributed by atoms with Crippen LogP contribution in [0.2, 0.25) is 5.02 Å². The fourth-order valence-corrected chi connectivity index (χ4v) is 3.54. The number of nitrogens with one attached hydrogen (secondary N) is 1. The van der Waals surface area contributed by atoms with Crippen LogP contribution in [0.15, 0.2) is 36.7 Å². The van der Waals surface area contributed by atoms with E-state index in [1.807, 2.05) is 25.1 Å². The molecule has 0 fully saturated rings. The van der Waals surface area contributed by atoms with Crippen LogP contribution in [-0.4, -0.2) is 28.4 Å². The Morgan fingerprint density at radius 1 is 1.20 bits per heavy atom. The van der Waals surface area contributed by atoms with Crippen molar-refractivity contribution in [1.82, 2.24) is 9.38 Å². The lowest BCUT2D eigenvalue weighted by Crippen LogP contribution is -2.22. The number of pyridine rings is 1. The number of aryl methyl sites for hydroxylation is 1. The predicted octanol–water partition coefficient (Wildman–Crippen LogP) is 5.34. The summed E-state index contributed by atoms with van der Waals surface area (Å²) < 4.78 is 40.1. The molecular formula is C21H22ClF3N4O. The van der Waals surface area contributed by atoms with Crippen molar-refractivity contribution in [2.24, 2.45) is 0 Å². The summed E-state index contributed by atoms with van der Waals surface area (Å²) in [6.45, 7) is 7.83. The smallest absolute Gasteiger partial charge is 0.372 e. The van der Waals surface area contributed by atoms with Crippen molar-refractivity contribution < 1.29 is 18.0 Å². The largest absolute Gasteiger partial charge is 0.417 e. The number of carbonyl (C=O) groups is 1. The summed E-state index contributed by atoms with van der Waals surface area (Å²) in [4.78, 5) is 18.9. The highest BCUT2D eigenvalue weighted by atomic mass is 35.5. The van der Waals surface area contributed by atoms with Gasteiger partial charge < -0.3 is 14.6 Å². The number of aromatic nitrogens is 2. The number of rotatable bonds is 6. The van der Waals surface area contributed by atoms with E-state index >= 15 is 0 Å². The summed E-state index contributed by atoms with van der Waals surface area (Å²) in [6, 6.07) is 6.62. The first-order valence-electron chi connectivity index (χ1n) is 9.52. The normalized spacial score (nSPS) is 11.7. The van der Waals surface area contributed by atoms with Gasteiger partial charge >= 0.3 is 6.18 Å². The molecule has 0 aliphatic carbocycles. The number of amides is 1. The molecule has 0 spiro atoms. The van der Waals surface area contributed by atoms with E-state index in [0.29, 0.717) is 11.4 Å². The molecule has 1 amide bonds. The lowest BCUT2D eigenvalue weighted by atomic mass is 10.1. The van der Waals surface area contributed by atoms with Gasteiger partial charge in [-0.05, 0) is 50.6 Å². The van der Waals surface area contributed by atoms with Crippen LogP contribution in [0.25, 0.3) is 5.65 Å². The molecule has 5 nitrogen and oxygen atoms in total. The van der Waals surface area contributed by atoms with Gasteiger partial charge in [0.25, 0.3) is 0 Å². The molecule has 1 aromatic carbocycles. The quantitative estimate of drug-likeness (QED) is 0.565. The van der Waals surface area contributed by atoms with Crippen LogP contribution in [0.1, 0.15) is 30.7 Å². The van der Waals surface area contributed by atoms with E-state index in [-0.39, 0.29) is 23.0 Å². The van der Waals surface area contributed by atoms with Crippen LogP contribution >= 0.6 is 11.6 Å². The van der Waals surface area contributed by atoms with Gasteiger partial charge in [-0.25, -0.2) is 4.98 Å². The van der Waals surface area contributed by atoms with Crippen LogP contribution in [-0.2, 0) is 17.4 Å². The summed E-state index contributed by atoms with van der Waals surface area (Å²) in [7, 11) is 0. The minimum absolute atomic E-state index is 0.0867. The van der Waals surface area contributed by atoms with Gasteiger partial charge in [-0.2, -0.15) is 13.2 Å². The van der Waals surface area contributed by atoms with Crippen molar-refractivity contribution >= 4 is 34.5 Å². The van der Waals surface area contributed by atoms with Crippen molar-refractivity contribution in [1.29, 1.82) is 0 Å². The summed E-state index contributed by atoms with van der Waals surface area (Å²) in [5.74, 6) is -0.315. The van der Waals surface area contributed by atoms with Crippen molar-refractivity contribution in [3.8, 4) is 0 Å². The number of alkyl halides is 3. The van der Waals surface area contributed by atoms with E-state index in [9.17, 15) is 18.0 Å². The highest BCUT2D eigenvalue weighted by Gasteiger charge is 2.32.